The predicted molar refractivity (Wildman–Crippen MR) is 94.6 cm³/mol. The van der Waals surface area contributed by atoms with E-state index in [1.54, 1.807) is 0 Å². The Balaban J connectivity index is 1.99. The monoisotopic (exact) mass is 326 g/mol. The Morgan fingerprint density at radius 1 is 0.833 bits per heavy atom. The summed E-state index contributed by atoms with van der Waals surface area (Å²) in [5.41, 5.74) is 0.764. The second-order valence-electron chi connectivity index (χ2n) is 6.30. The topological polar surface area (TPSA) is 15.3 Å². The summed E-state index contributed by atoms with van der Waals surface area (Å²) < 4.78 is 28.3. The van der Waals surface area contributed by atoms with E-state index >= 15 is 0 Å². The SMILES string of the molecule is FC(F)[C@H](c1c2ccccc2cc2ccccc12)N1CCNCC1. The summed E-state index contributed by atoms with van der Waals surface area (Å²) in [5.74, 6) is 0. The van der Waals surface area contributed by atoms with Gasteiger partial charge in [0.2, 0.25) is 0 Å². The van der Waals surface area contributed by atoms with Crippen molar-refractivity contribution in [1.29, 1.82) is 0 Å². The highest BCUT2D eigenvalue weighted by atomic mass is 19.3. The van der Waals surface area contributed by atoms with Crippen LogP contribution in [-0.4, -0.2) is 37.5 Å². The van der Waals surface area contributed by atoms with Crippen molar-refractivity contribution in [3.05, 3.63) is 60.2 Å². The summed E-state index contributed by atoms with van der Waals surface area (Å²) in [5, 5.41) is 7.15. The number of hydrogen-bond donors (Lipinski definition) is 1. The number of rotatable bonds is 3. The Bertz CT molecular complexity index is 803. The van der Waals surface area contributed by atoms with Crippen molar-refractivity contribution < 1.29 is 8.78 Å². The van der Waals surface area contributed by atoms with Gasteiger partial charge in [0.25, 0.3) is 6.43 Å². The lowest BCUT2D eigenvalue weighted by Gasteiger charge is -2.35. The first-order valence-corrected chi connectivity index (χ1v) is 8.39. The molecule has 3 aromatic carbocycles. The van der Waals surface area contributed by atoms with Gasteiger partial charge in [-0.15, -0.1) is 0 Å². The van der Waals surface area contributed by atoms with E-state index in [1.807, 2.05) is 53.4 Å². The van der Waals surface area contributed by atoms with E-state index in [0.717, 1.165) is 40.2 Å². The zero-order valence-electron chi connectivity index (χ0n) is 13.4. The maximum absolute atomic E-state index is 14.2. The molecule has 24 heavy (non-hydrogen) atoms. The summed E-state index contributed by atoms with van der Waals surface area (Å²) in [6.07, 6.45) is -2.42. The second-order valence-corrected chi connectivity index (χ2v) is 6.30. The number of hydrogen-bond acceptors (Lipinski definition) is 2. The number of benzene rings is 3. The molecule has 0 aliphatic carbocycles. The van der Waals surface area contributed by atoms with E-state index < -0.39 is 12.5 Å². The molecule has 1 N–H and O–H groups in total. The smallest absolute Gasteiger partial charge is 0.258 e. The molecule has 0 bridgehead atoms. The maximum atomic E-state index is 14.2. The van der Waals surface area contributed by atoms with Crippen molar-refractivity contribution in [3.8, 4) is 0 Å². The van der Waals surface area contributed by atoms with Crippen molar-refractivity contribution in [1.82, 2.24) is 10.2 Å². The van der Waals surface area contributed by atoms with Gasteiger partial charge in [-0.3, -0.25) is 4.90 Å². The van der Waals surface area contributed by atoms with Crippen molar-refractivity contribution in [2.45, 2.75) is 12.5 Å². The van der Waals surface area contributed by atoms with Crippen LogP contribution < -0.4 is 5.32 Å². The molecule has 0 saturated carbocycles. The van der Waals surface area contributed by atoms with Crippen LogP contribution >= 0.6 is 0 Å². The molecule has 1 atom stereocenters. The van der Waals surface area contributed by atoms with Crippen molar-refractivity contribution in [2.24, 2.45) is 0 Å². The van der Waals surface area contributed by atoms with Gasteiger partial charge in [-0.1, -0.05) is 48.5 Å². The van der Waals surface area contributed by atoms with E-state index in [0.29, 0.717) is 13.1 Å². The first-order chi connectivity index (χ1) is 11.8. The molecule has 124 valence electrons. The third-order valence-electron chi connectivity index (χ3n) is 4.89. The van der Waals surface area contributed by atoms with Gasteiger partial charge in [-0.2, -0.15) is 0 Å². The first kappa shape index (κ1) is 15.5. The minimum atomic E-state index is -2.42. The average Bonchev–Trinajstić information content (AvgIpc) is 2.62. The molecule has 1 aliphatic heterocycles. The van der Waals surface area contributed by atoms with Crippen LogP contribution in [0, 0.1) is 0 Å². The van der Waals surface area contributed by atoms with Crippen LogP contribution in [0.3, 0.4) is 0 Å². The maximum Gasteiger partial charge on any atom is 0.258 e. The summed E-state index contributed by atoms with van der Waals surface area (Å²) in [6, 6.07) is 17.0. The standard InChI is InChI=1S/C20H20F2N2/c21-20(22)19(24-11-9-23-10-12-24)18-16-7-3-1-5-14(16)13-15-6-2-4-8-17(15)18/h1-8,13,19-20,23H,9-12H2/t19-/m0/s1. The van der Waals surface area contributed by atoms with Crippen LogP contribution in [0.1, 0.15) is 11.6 Å². The molecular formula is C20H20F2N2. The van der Waals surface area contributed by atoms with E-state index in [9.17, 15) is 8.78 Å². The zero-order chi connectivity index (χ0) is 16.5. The summed E-state index contributed by atoms with van der Waals surface area (Å²) in [6.45, 7) is 2.80. The van der Waals surface area contributed by atoms with Crippen LogP contribution in [0.5, 0.6) is 0 Å². The van der Waals surface area contributed by atoms with Gasteiger partial charge in [0, 0.05) is 26.2 Å². The highest BCUT2D eigenvalue weighted by Gasteiger charge is 2.32. The minimum Gasteiger partial charge on any atom is -0.314 e. The molecule has 4 rings (SSSR count). The fraction of sp³-hybridized carbons (Fsp3) is 0.300. The molecule has 0 unspecified atom stereocenters. The predicted octanol–water partition coefficient (Wildman–Crippen LogP) is 4.20. The molecule has 4 heteroatoms. The van der Waals surface area contributed by atoms with Gasteiger partial charge in [-0.05, 0) is 33.2 Å². The molecule has 0 radical (unpaired) electrons. The highest BCUT2D eigenvalue weighted by Crippen LogP contribution is 2.38. The lowest BCUT2D eigenvalue weighted by Crippen LogP contribution is -2.47. The summed E-state index contributed by atoms with van der Waals surface area (Å²) in [4.78, 5) is 1.93. The van der Waals surface area contributed by atoms with Gasteiger partial charge in [0.05, 0.1) is 6.04 Å². The molecule has 1 aliphatic rings. The van der Waals surface area contributed by atoms with E-state index in [1.165, 1.54) is 0 Å². The van der Waals surface area contributed by atoms with Crippen molar-refractivity contribution in [2.75, 3.05) is 26.2 Å². The lowest BCUT2D eigenvalue weighted by atomic mass is 9.91. The van der Waals surface area contributed by atoms with E-state index in [-0.39, 0.29) is 0 Å². The number of halogens is 2. The Labute approximate surface area is 140 Å². The number of piperazine rings is 1. The van der Waals surface area contributed by atoms with E-state index in [2.05, 4.69) is 11.4 Å². The van der Waals surface area contributed by atoms with Crippen LogP contribution in [0.15, 0.2) is 54.6 Å². The Morgan fingerprint density at radius 2 is 1.38 bits per heavy atom. The molecule has 2 nitrogen and oxygen atoms in total. The number of fused-ring (bicyclic) bond motifs is 2. The second kappa shape index (κ2) is 6.46. The Hall–Kier alpha value is -2.04. The van der Waals surface area contributed by atoms with Gasteiger partial charge in [0.1, 0.15) is 0 Å². The van der Waals surface area contributed by atoms with Crippen molar-refractivity contribution >= 4 is 21.5 Å². The molecule has 0 spiro atoms. The van der Waals surface area contributed by atoms with Gasteiger partial charge in [0.15, 0.2) is 0 Å². The highest BCUT2D eigenvalue weighted by molar-refractivity contribution is 6.02. The van der Waals surface area contributed by atoms with Crippen LogP contribution in [0.2, 0.25) is 0 Å². The van der Waals surface area contributed by atoms with E-state index in [4.69, 9.17) is 0 Å². The molecule has 1 fully saturated rings. The molecule has 3 aromatic rings. The van der Waals surface area contributed by atoms with Crippen molar-refractivity contribution in [3.63, 3.8) is 0 Å². The zero-order valence-corrected chi connectivity index (χ0v) is 13.4. The quantitative estimate of drug-likeness (QED) is 0.726. The van der Waals surface area contributed by atoms with Crippen LogP contribution in [-0.2, 0) is 0 Å². The lowest BCUT2D eigenvalue weighted by molar-refractivity contribution is 0.0196. The molecule has 1 heterocycles. The normalized spacial score (nSPS) is 17.6. The largest absolute Gasteiger partial charge is 0.314 e. The summed E-state index contributed by atoms with van der Waals surface area (Å²) >= 11 is 0. The Morgan fingerprint density at radius 3 is 1.92 bits per heavy atom. The Kier molecular flexibility index (Phi) is 4.17. The van der Waals surface area contributed by atoms with Gasteiger partial charge in [-0.25, -0.2) is 8.78 Å². The molecule has 0 aromatic heterocycles. The average molecular weight is 326 g/mol. The first-order valence-electron chi connectivity index (χ1n) is 8.39. The van der Waals surface area contributed by atoms with Crippen LogP contribution in [0.25, 0.3) is 21.5 Å². The minimum absolute atomic E-state index is 0.645. The molecular weight excluding hydrogens is 306 g/mol. The fourth-order valence-electron chi connectivity index (χ4n) is 3.80. The summed E-state index contributed by atoms with van der Waals surface area (Å²) in [7, 11) is 0. The molecule has 0 amide bonds. The fourth-order valence-corrected chi connectivity index (χ4v) is 3.80. The van der Waals surface area contributed by atoms with Crippen LogP contribution in [0.4, 0.5) is 8.78 Å². The number of nitrogens with zero attached hydrogens (tertiary/aromatic N) is 1. The van der Waals surface area contributed by atoms with Gasteiger partial charge >= 0.3 is 0 Å². The van der Waals surface area contributed by atoms with Gasteiger partial charge < -0.3 is 5.32 Å². The third-order valence-corrected chi connectivity index (χ3v) is 4.89. The number of alkyl halides is 2. The molecule has 1 saturated heterocycles. The number of nitrogens with one attached hydrogen (secondary N) is 1. The third kappa shape index (κ3) is 2.66.